The summed E-state index contributed by atoms with van der Waals surface area (Å²) >= 11 is 5.87. The Kier molecular flexibility index (Phi) is 6.35. The third kappa shape index (κ3) is 5.78. The van der Waals surface area contributed by atoms with Crippen molar-refractivity contribution in [1.29, 1.82) is 0 Å². The molecule has 0 atom stereocenters. The summed E-state index contributed by atoms with van der Waals surface area (Å²) in [7, 11) is 0. The molecule has 0 spiro atoms. The number of halogens is 1. The van der Waals surface area contributed by atoms with Gasteiger partial charge in [-0.2, -0.15) is 0 Å². The number of carbonyl (C=O) groups is 1. The van der Waals surface area contributed by atoms with E-state index in [2.05, 4.69) is 15.3 Å². The summed E-state index contributed by atoms with van der Waals surface area (Å²) in [6.07, 6.45) is 7.23. The van der Waals surface area contributed by atoms with Crippen molar-refractivity contribution in [3.05, 3.63) is 113 Å². The molecule has 152 valence electrons. The Hall–Kier alpha value is -3.96. The molecule has 4 aromatic rings. The number of carbonyl (C=O) groups excluding carboxylic acids is 1. The van der Waals surface area contributed by atoms with E-state index >= 15 is 0 Å². The van der Waals surface area contributed by atoms with E-state index in [0.29, 0.717) is 22.2 Å². The zero-order valence-electron chi connectivity index (χ0n) is 16.4. The first kappa shape index (κ1) is 20.3. The Morgan fingerprint density at radius 1 is 0.839 bits per heavy atom. The van der Waals surface area contributed by atoms with Crippen LogP contribution in [0.2, 0.25) is 5.02 Å². The molecule has 4 rings (SSSR count). The predicted molar refractivity (Wildman–Crippen MR) is 123 cm³/mol. The Morgan fingerprint density at radius 2 is 1.65 bits per heavy atom. The lowest BCUT2D eigenvalue weighted by Crippen LogP contribution is -2.13. The van der Waals surface area contributed by atoms with Crippen molar-refractivity contribution in [2.75, 3.05) is 5.32 Å². The quantitative estimate of drug-likeness (QED) is 0.389. The first-order valence-corrected chi connectivity index (χ1v) is 9.93. The average Bonchev–Trinajstić information content (AvgIpc) is 2.81. The van der Waals surface area contributed by atoms with Crippen molar-refractivity contribution in [2.45, 2.75) is 0 Å². The SMILES string of the molecule is O=C(Nc1ccc(Cl)cc1)c1cc(Oc2ccc(/C=C/c3ccccn3)cc2)ccn1. The smallest absolute Gasteiger partial charge is 0.274 e. The molecule has 1 amide bonds. The highest BCUT2D eigenvalue weighted by atomic mass is 35.5. The second-order valence-electron chi connectivity index (χ2n) is 6.60. The van der Waals surface area contributed by atoms with E-state index in [1.165, 1.54) is 6.20 Å². The normalized spacial score (nSPS) is 10.7. The van der Waals surface area contributed by atoms with Gasteiger partial charge in [-0.15, -0.1) is 0 Å². The number of ether oxygens (including phenoxy) is 1. The Bertz CT molecular complexity index is 1190. The molecule has 6 heteroatoms. The number of pyridine rings is 2. The van der Waals surface area contributed by atoms with Crippen LogP contribution in [-0.4, -0.2) is 15.9 Å². The third-order valence-corrected chi connectivity index (χ3v) is 4.57. The predicted octanol–water partition coefficient (Wildman–Crippen LogP) is 6.35. The van der Waals surface area contributed by atoms with Crippen LogP contribution in [0, 0.1) is 0 Å². The fourth-order valence-electron chi connectivity index (χ4n) is 2.77. The molecule has 5 nitrogen and oxygen atoms in total. The molecule has 2 aromatic carbocycles. The number of amides is 1. The molecule has 1 N–H and O–H groups in total. The lowest BCUT2D eigenvalue weighted by Gasteiger charge is -2.08. The van der Waals surface area contributed by atoms with Crippen LogP contribution >= 0.6 is 11.6 Å². The van der Waals surface area contributed by atoms with Gasteiger partial charge in [0.1, 0.15) is 17.2 Å². The molecule has 2 heterocycles. The largest absolute Gasteiger partial charge is 0.457 e. The van der Waals surface area contributed by atoms with Crippen LogP contribution < -0.4 is 10.1 Å². The summed E-state index contributed by atoms with van der Waals surface area (Å²) in [4.78, 5) is 20.9. The fraction of sp³-hybridized carbons (Fsp3) is 0. The van der Waals surface area contributed by atoms with Gasteiger partial charge in [0.15, 0.2) is 0 Å². The summed E-state index contributed by atoms with van der Waals surface area (Å²) in [6.45, 7) is 0. The minimum atomic E-state index is -0.331. The Balaban J connectivity index is 1.40. The molecule has 0 radical (unpaired) electrons. The van der Waals surface area contributed by atoms with Crippen molar-refractivity contribution in [2.24, 2.45) is 0 Å². The van der Waals surface area contributed by atoms with Gasteiger partial charge in [-0.25, -0.2) is 0 Å². The minimum absolute atomic E-state index is 0.252. The monoisotopic (exact) mass is 427 g/mol. The molecule has 0 aliphatic carbocycles. The van der Waals surface area contributed by atoms with Crippen LogP contribution in [0.5, 0.6) is 11.5 Å². The number of anilines is 1. The van der Waals surface area contributed by atoms with E-state index in [-0.39, 0.29) is 11.6 Å². The molecule has 0 saturated heterocycles. The highest BCUT2D eigenvalue weighted by Gasteiger charge is 2.09. The van der Waals surface area contributed by atoms with E-state index in [1.54, 1.807) is 42.6 Å². The van der Waals surface area contributed by atoms with Gasteiger partial charge >= 0.3 is 0 Å². The maximum atomic E-state index is 12.5. The van der Waals surface area contributed by atoms with Gasteiger partial charge in [0, 0.05) is 29.2 Å². The molecular weight excluding hydrogens is 410 g/mol. The van der Waals surface area contributed by atoms with Crippen LogP contribution in [0.25, 0.3) is 12.2 Å². The molecule has 0 aliphatic rings. The maximum Gasteiger partial charge on any atom is 0.274 e. The van der Waals surface area contributed by atoms with E-state index in [4.69, 9.17) is 16.3 Å². The molecule has 0 aliphatic heterocycles. The molecule has 2 aromatic heterocycles. The highest BCUT2D eigenvalue weighted by Crippen LogP contribution is 2.23. The van der Waals surface area contributed by atoms with Crippen molar-refractivity contribution < 1.29 is 9.53 Å². The van der Waals surface area contributed by atoms with E-state index in [9.17, 15) is 4.79 Å². The van der Waals surface area contributed by atoms with Gasteiger partial charge in [0.2, 0.25) is 0 Å². The second-order valence-corrected chi connectivity index (χ2v) is 7.03. The van der Waals surface area contributed by atoms with Crippen LogP contribution in [0.15, 0.2) is 91.3 Å². The number of benzene rings is 2. The maximum absolute atomic E-state index is 12.5. The number of nitrogens with one attached hydrogen (secondary N) is 1. The first-order valence-electron chi connectivity index (χ1n) is 9.56. The van der Waals surface area contributed by atoms with E-state index < -0.39 is 0 Å². The van der Waals surface area contributed by atoms with Crippen molar-refractivity contribution >= 4 is 35.3 Å². The second kappa shape index (κ2) is 9.69. The van der Waals surface area contributed by atoms with Gasteiger partial charge in [-0.05, 0) is 66.2 Å². The van der Waals surface area contributed by atoms with Crippen molar-refractivity contribution in [3.8, 4) is 11.5 Å². The van der Waals surface area contributed by atoms with Gasteiger partial charge in [-0.3, -0.25) is 14.8 Å². The molecule has 0 fully saturated rings. The molecule has 0 saturated carbocycles. The number of hydrogen-bond acceptors (Lipinski definition) is 4. The van der Waals surface area contributed by atoms with Gasteiger partial charge in [0.05, 0.1) is 5.69 Å². The number of aromatic nitrogens is 2. The Morgan fingerprint density at radius 3 is 2.39 bits per heavy atom. The standard InChI is InChI=1S/C25H18ClN3O2/c26-19-7-10-21(11-8-19)29-25(30)24-17-23(14-16-28-24)31-22-12-5-18(6-13-22)4-9-20-3-1-2-15-27-20/h1-17H,(H,29,30)/b9-4+. The molecule has 0 bridgehead atoms. The molecule has 31 heavy (non-hydrogen) atoms. The van der Waals surface area contributed by atoms with Crippen molar-refractivity contribution in [3.63, 3.8) is 0 Å². The lowest BCUT2D eigenvalue weighted by molar-refractivity contribution is 0.102. The Labute approximate surface area is 185 Å². The average molecular weight is 428 g/mol. The molecule has 0 unspecified atom stereocenters. The number of rotatable bonds is 6. The van der Waals surface area contributed by atoms with Crippen LogP contribution in [0.1, 0.15) is 21.7 Å². The van der Waals surface area contributed by atoms with Crippen LogP contribution in [0.3, 0.4) is 0 Å². The summed E-state index contributed by atoms with van der Waals surface area (Å²) in [5.74, 6) is 0.848. The summed E-state index contributed by atoms with van der Waals surface area (Å²) in [5, 5.41) is 3.38. The van der Waals surface area contributed by atoms with Crippen LogP contribution in [0.4, 0.5) is 5.69 Å². The summed E-state index contributed by atoms with van der Waals surface area (Å²) in [5.41, 5.74) is 2.80. The third-order valence-electron chi connectivity index (χ3n) is 4.32. The number of nitrogens with zero attached hydrogens (tertiary/aromatic N) is 2. The summed E-state index contributed by atoms with van der Waals surface area (Å²) < 4.78 is 5.88. The van der Waals surface area contributed by atoms with E-state index in [0.717, 1.165) is 11.3 Å². The van der Waals surface area contributed by atoms with Gasteiger partial charge in [-0.1, -0.05) is 35.9 Å². The van der Waals surface area contributed by atoms with Gasteiger partial charge < -0.3 is 10.1 Å². The summed E-state index contributed by atoms with van der Waals surface area (Å²) in [6, 6.07) is 23.6. The van der Waals surface area contributed by atoms with E-state index in [1.807, 2.05) is 54.6 Å². The van der Waals surface area contributed by atoms with Crippen LogP contribution in [-0.2, 0) is 0 Å². The zero-order chi connectivity index (χ0) is 21.5. The minimum Gasteiger partial charge on any atom is -0.457 e. The fourth-order valence-corrected chi connectivity index (χ4v) is 2.89. The van der Waals surface area contributed by atoms with Gasteiger partial charge in [0.25, 0.3) is 5.91 Å². The topological polar surface area (TPSA) is 64.1 Å². The highest BCUT2D eigenvalue weighted by molar-refractivity contribution is 6.30. The number of hydrogen-bond donors (Lipinski definition) is 1. The zero-order valence-corrected chi connectivity index (χ0v) is 17.2. The molecular formula is C25H18ClN3O2. The first-order chi connectivity index (χ1) is 15.2. The van der Waals surface area contributed by atoms with Crippen molar-refractivity contribution in [1.82, 2.24) is 9.97 Å². The lowest BCUT2D eigenvalue weighted by atomic mass is 10.2.